The van der Waals surface area contributed by atoms with Crippen LogP contribution >= 0.6 is 0 Å². The monoisotopic (exact) mass is 1170 g/mol. The predicted molar refractivity (Wildman–Crippen MR) is 252 cm³/mol. The minimum absolute atomic E-state index is 0. The Labute approximate surface area is 430 Å². The van der Waals surface area contributed by atoms with Crippen LogP contribution in [0.25, 0.3) is 33.4 Å². The second kappa shape index (κ2) is 25.8. The predicted octanol–water partition coefficient (Wildman–Crippen LogP) is 9.91. The Morgan fingerprint density at radius 3 is 1.26 bits per heavy atom. The lowest BCUT2D eigenvalue weighted by atomic mass is 9.96. The van der Waals surface area contributed by atoms with E-state index in [0.717, 1.165) is 48.0 Å². The molecule has 7 aromatic rings. The highest BCUT2D eigenvalue weighted by Crippen LogP contribution is 2.43. The van der Waals surface area contributed by atoms with Gasteiger partial charge in [-0.2, -0.15) is 25.6 Å². The normalized spacial score (nSPS) is 11.0. The van der Waals surface area contributed by atoms with Crippen LogP contribution < -0.4 is 14.2 Å². The number of methoxy groups -OCH3 is 1. The fourth-order valence-corrected chi connectivity index (χ4v) is 8.23. The van der Waals surface area contributed by atoms with Crippen LogP contribution in [0.2, 0.25) is 0 Å². The lowest BCUT2D eigenvalue weighted by Gasteiger charge is -2.16. The maximum Gasteiger partial charge on any atom is 0.425 e. The molecule has 0 fully saturated rings. The van der Waals surface area contributed by atoms with E-state index in [1.54, 1.807) is 31.2 Å². The number of ether oxygens (including phenoxy) is 3. The highest BCUT2D eigenvalue weighted by molar-refractivity contribution is 7.91. The number of hydrogen-bond donors (Lipinski definition) is 2. The largest absolute Gasteiger partial charge is 0.497 e. The van der Waals surface area contributed by atoms with E-state index < -0.39 is 136 Å². The fraction of sp³-hybridized carbons (Fsp3) is 0.0870. The van der Waals surface area contributed by atoms with Gasteiger partial charge in [-0.05, 0) is 102 Å². The molecule has 2 N–H and O–H groups in total. The van der Waals surface area contributed by atoms with Gasteiger partial charge >= 0.3 is 21.2 Å². The van der Waals surface area contributed by atoms with Crippen LogP contribution in [0.3, 0.4) is 0 Å². The van der Waals surface area contributed by atoms with Crippen LogP contribution in [-0.2, 0) is 51.3 Å². The van der Waals surface area contributed by atoms with E-state index in [2.05, 4.69) is 0 Å². The van der Waals surface area contributed by atoms with Gasteiger partial charge in [-0.1, -0.05) is 49.9 Å². The first-order valence-electron chi connectivity index (χ1n) is 19.6. The van der Waals surface area contributed by atoms with E-state index >= 15 is 35.1 Å². The maximum absolute atomic E-state index is 15.5. The van der Waals surface area contributed by atoms with E-state index in [4.69, 9.17) is 44.0 Å². The molecule has 0 aliphatic carbocycles. The van der Waals surface area contributed by atoms with Crippen LogP contribution in [0.5, 0.6) is 28.7 Å². The van der Waals surface area contributed by atoms with Gasteiger partial charge in [-0.25, -0.2) is 34.8 Å². The summed E-state index contributed by atoms with van der Waals surface area (Å²) in [6.45, 7) is 1.78. The molecule has 0 bridgehead atoms. The van der Waals surface area contributed by atoms with Gasteiger partial charge in [0.15, 0.2) is 34.9 Å². The van der Waals surface area contributed by atoms with Crippen molar-refractivity contribution in [1.29, 1.82) is 0 Å². The Morgan fingerprint density at radius 2 is 0.842 bits per heavy atom. The quantitative estimate of drug-likeness (QED) is 0.0692. The zero-order chi connectivity index (χ0) is 56.5. The summed E-state index contributed by atoms with van der Waals surface area (Å²) in [5, 5.41) is 0. The standard InChI is InChI=1S/C44H26F8O8S2.CH4O3S.CH4.2O3S/c1-22-4-3-5-28(20-22)59-31-19-10-25(21-32(31)62(55,56)57)23-6-11-27(12-7-23)60-44-42(51)40(49)35(41(50)43(44)52)34-38(47)36(45)33(37(46)39(34)48)24-8-15-29(16-9-24)61(53,54)30-17-13-26(58-2)14-18-30;1-5(2,3)4;;2*1-4(2)3/h3-21H,1-2H3,(H,55,56,57);1H3,(H,2,3,4);1H4;;. The Hall–Kier alpha value is -7.61. The van der Waals surface area contributed by atoms with E-state index in [0.29, 0.717) is 12.0 Å². The summed E-state index contributed by atoms with van der Waals surface area (Å²) in [7, 11) is -17.6. The summed E-state index contributed by atoms with van der Waals surface area (Å²) in [5.74, 6) is -20.8. The van der Waals surface area contributed by atoms with Crippen molar-refractivity contribution in [2.75, 3.05) is 13.4 Å². The number of halogens is 8. The highest BCUT2D eigenvalue weighted by Gasteiger charge is 2.35. The zero-order valence-electron chi connectivity index (χ0n) is 37.6. The van der Waals surface area contributed by atoms with Gasteiger partial charge in [0.25, 0.3) is 20.2 Å². The van der Waals surface area contributed by atoms with Crippen molar-refractivity contribution in [3.05, 3.63) is 167 Å². The molecule has 0 radical (unpaired) electrons. The van der Waals surface area contributed by atoms with Crippen molar-refractivity contribution in [1.82, 2.24) is 0 Å². The molecule has 406 valence electrons. The van der Waals surface area contributed by atoms with E-state index in [1.807, 2.05) is 0 Å². The minimum Gasteiger partial charge on any atom is -0.497 e. The molecule has 0 amide bonds. The summed E-state index contributed by atoms with van der Waals surface area (Å²) >= 11 is 0. The van der Waals surface area contributed by atoms with Gasteiger partial charge in [0.1, 0.15) is 27.9 Å². The van der Waals surface area contributed by atoms with Crippen molar-refractivity contribution in [2.45, 2.75) is 29.0 Å². The third kappa shape index (κ3) is 16.0. The Kier molecular flexibility index (Phi) is 21.2. The maximum atomic E-state index is 15.5. The van der Waals surface area contributed by atoms with Crippen LogP contribution in [-0.4, -0.2) is 73.0 Å². The molecule has 0 aliphatic rings. The van der Waals surface area contributed by atoms with Crippen molar-refractivity contribution < 1.29 is 109 Å². The second-order valence-electron chi connectivity index (χ2n) is 14.5. The van der Waals surface area contributed by atoms with Crippen molar-refractivity contribution in [3.63, 3.8) is 0 Å². The average molecular weight is 1170 g/mol. The summed E-state index contributed by atoms with van der Waals surface area (Å²) in [6, 6.07) is 23.5. The molecule has 0 heterocycles. The van der Waals surface area contributed by atoms with E-state index in [-0.39, 0.29) is 39.8 Å². The van der Waals surface area contributed by atoms with Gasteiger partial charge in [0, 0.05) is 0 Å². The number of rotatable bonds is 11. The van der Waals surface area contributed by atoms with Gasteiger partial charge in [0.2, 0.25) is 27.2 Å². The van der Waals surface area contributed by atoms with Crippen molar-refractivity contribution >= 4 is 51.3 Å². The first kappa shape index (κ1) is 62.7. The molecule has 0 atom stereocenters. The smallest absolute Gasteiger partial charge is 0.425 e. The number of aryl methyl sites for hydroxylation is 1. The minimum atomic E-state index is -4.84. The molecule has 7 rings (SSSR count). The Bertz CT molecular complexity index is 3780. The molecule has 30 heteroatoms. The number of benzene rings is 7. The molecule has 76 heavy (non-hydrogen) atoms. The molecule has 7 aromatic carbocycles. The molecule has 0 spiro atoms. The Morgan fingerprint density at radius 1 is 0.461 bits per heavy atom. The molecule has 0 unspecified atom stereocenters. The van der Waals surface area contributed by atoms with Crippen LogP contribution in [0.1, 0.15) is 13.0 Å². The highest BCUT2D eigenvalue weighted by atomic mass is 32.2. The number of hydrogen-bond acceptors (Lipinski definition) is 15. The third-order valence-corrected chi connectivity index (χ3v) is 12.1. The summed E-state index contributed by atoms with van der Waals surface area (Å²) < 4.78 is 277. The van der Waals surface area contributed by atoms with Gasteiger partial charge < -0.3 is 14.2 Å². The van der Waals surface area contributed by atoms with E-state index in [9.17, 15) is 29.8 Å². The second-order valence-corrected chi connectivity index (χ2v) is 20.1. The van der Waals surface area contributed by atoms with Crippen LogP contribution in [0.4, 0.5) is 35.1 Å². The van der Waals surface area contributed by atoms with Gasteiger partial charge in [-0.3, -0.25) is 9.11 Å². The third-order valence-electron chi connectivity index (χ3n) is 9.41. The molecule has 17 nitrogen and oxygen atoms in total. The molecule has 0 saturated heterocycles. The van der Waals surface area contributed by atoms with Crippen LogP contribution in [0.15, 0.2) is 130 Å². The van der Waals surface area contributed by atoms with Crippen LogP contribution in [0, 0.1) is 53.5 Å². The number of sulfone groups is 1. The summed E-state index contributed by atoms with van der Waals surface area (Å²) in [5.41, 5.74) is -5.09. The molecule has 0 aliphatic heterocycles. The molecular weight excluding hydrogens is 1140 g/mol. The molecule has 0 aromatic heterocycles. The summed E-state index contributed by atoms with van der Waals surface area (Å²) in [4.78, 5) is -1.19. The lowest BCUT2D eigenvalue weighted by molar-refractivity contribution is 0.367. The van der Waals surface area contributed by atoms with Crippen molar-refractivity contribution in [2.24, 2.45) is 0 Å². The van der Waals surface area contributed by atoms with Crippen molar-refractivity contribution in [3.8, 4) is 62.1 Å². The van der Waals surface area contributed by atoms with E-state index in [1.165, 1.54) is 55.6 Å². The fourth-order valence-electron chi connectivity index (χ4n) is 6.33. The van der Waals surface area contributed by atoms with Gasteiger partial charge in [0.05, 0.1) is 39.8 Å². The zero-order valence-corrected chi connectivity index (χ0v) is 41.6. The molecule has 0 saturated carbocycles. The van der Waals surface area contributed by atoms with Gasteiger partial charge in [-0.15, -0.1) is 25.3 Å². The average Bonchev–Trinajstić information content (AvgIpc) is 3.32. The molecular formula is C46H34F8O17S5. The lowest BCUT2D eigenvalue weighted by Crippen LogP contribution is -2.09. The SMILES string of the molecule is C.COc1ccc(S(=O)(=O)c2ccc(-c3c(F)c(F)c(-c4c(F)c(F)c(Oc5ccc(-c6ccc(Oc7cccc(C)c7)c(S(=O)(=O)O)c6)cc5)c(F)c4F)c(F)c3F)cc2)cc1.CS(=O)(=O)O.O=S(=O)=O.O=S(=O)=O. The summed E-state index contributed by atoms with van der Waals surface area (Å²) in [6.07, 6.45) is 0.715. The first-order chi connectivity index (χ1) is 34.8. The first-order valence-corrected chi connectivity index (χ1v) is 26.4. The topological polar surface area (TPSA) is 273 Å². The Balaban J connectivity index is 0.000000974.